The van der Waals surface area contributed by atoms with Gasteiger partial charge in [0.1, 0.15) is 0 Å². The van der Waals surface area contributed by atoms with Gasteiger partial charge in [-0.2, -0.15) is 0 Å². The molecule has 1 amide bonds. The quantitative estimate of drug-likeness (QED) is 0.466. The van der Waals surface area contributed by atoms with Crippen molar-refractivity contribution in [1.29, 1.82) is 0 Å². The summed E-state index contributed by atoms with van der Waals surface area (Å²) in [5.41, 5.74) is 9.84. The highest BCUT2D eigenvalue weighted by atomic mass is 16.2. The van der Waals surface area contributed by atoms with E-state index in [0.717, 1.165) is 11.3 Å². The molecule has 1 aliphatic heterocycles. The smallest absolute Gasteiger partial charge is 0.247 e. The third-order valence-corrected chi connectivity index (χ3v) is 3.66. The lowest BCUT2D eigenvalue weighted by Crippen LogP contribution is -2.37. The maximum Gasteiger partial charge on any atom is 0.247 e. The summed E-state index contributed by atoms with van der Waals surface area (Å²) in [7, 11) is 1.69. The first-order chi connectivity index (χ1) is 9.71. The Balaban J connectivity index is 2.37. The number of hydrogen-bond acceptors (Lipinski definition) is 2. The number of anilines is 1. The summed E-state index contributed by atoms with van der Waals surface area (Å²) in [6, 6.07) is 16.5. The van der Waals surface area contributed by atoms with E-state index < -0.39 is 5.54 Å². The molecule has 1 aliphatic rings. The van der Waals surface area contributed by atoms with Crippen molar-refractivity contribution >= 4 is 11.6 Å². The molecule has 1 atom stereocenters. The van der Waals surface area contributed by atoms with Crippen LogP contribution in [0.4, 0.5) is 5.69 Å². The van der Waals surface area contributed by atoms with E-state index in [-0.39, 0.29) is 5.91 Å². The van der Waals surface area contributed by atoms with Gasteiger partial charge in [0.2, 0.25) is 5.91 Å². The van der Waals surface area contributed by atoms with Crippen LogP contribution >= 0.6 is 0 Å². The highest BCUT2D eigenvalue weighted by Crippen LogP contribution is 2.46. The normalized spacial score (nSPS) is 20.4. The van der Waals surface area contributed by atoms with Crippen molar-refractivity contribution in [2.45, 2.75) is 5.54 Å². The molecule has 0 saturated heterocycles. The fourth-order valence-electron chi connectivity index (χ4n) is 2.72. The van der Waals surface area contributed by atoms with Crippen LogP contribution in [0.2, 0.25) is 0 Å². The number of amides is 1. The predicted molar refractivity (Wildman–Crippen MR) is 76.2 cm³/mol. The standard InChI is InChI=1S/C15H12N4O/c1-19-13-10-6-5-9-12(13)15(14(19)20,17-18-16)11-7-3-2-4-8-11/h2-10H,1H3. The Bertz CT molecular complexity index is 722. The molecule has 2 aromatic carbocycles. The molecule has 0 aromatic heterocycles. The van der Waals surface area contributed by atoms with Gasteiger partial charge in [-0.15, -0.1) is 0 Å². The topological polar surface area (TPSA) is 69.1 Å². The van der Waals surface area contributed by atoms with E-state index in [1.54, 1.807) is 7.05 Å². The molecule has 0 N–H and O–H groups in total. The second-order valence-corrected chi connectivity index (χ2v) is 4.65. The lowest BCUT2D eigenvalue weighted by molar-refractivity contribution is -0.121. The second-order valence-electron chi connectivity index (χ2n) is 4.65. The highest BCUT2D eigenvalue weighted by molar-refractivity contribution is 6.09. The predicted octanol–water partition coefficient (Wildman–Crippen LogP) is 3.22. The molecule has 5 nitrogen and oxygen atoms in total. The fraction of sp³-hybridized carbons (Fsp3) is 0.133. The van der Waals surface area contributed by atoms with E-state index in [1.165, 1.54) is 4.90 Å². The zero-order valence-corrected chi connectivity index (χ0v) is 10.9. The van der Waals surface area contributed by atoms with E-state index >= 15 is 0 Å². The summed E-state index contributed by atoms with van der Waals surface area (Å²) in [6.07, 6.45) is 0. The summed E-state index contributed by atoms with van der Waals surface area (Å²) < 4.78 is 0. The van der Waals surface area contributed by atoms with Crippen LogP contribution in [0.5, 0.6) is 0 Å². The average Bonchev–Trinajstić information content (AvgIpc) is 2.72. The number of hydrogen-bond donors (Lipinski definition) is 0. The van der Waals surface area contributed by atoms with Gasteiger partial charge in [0.25, 0.3) is 0 Å². The van der Waals surface area contributed by atoms with Crippen LogP contribution in [0.25, 0.3) is 10.4 Å². The molecule has 5 heteroatoms. The van der Waals surface area contributed by atoms with Crippen LogP contribution in [0.1, 0.15) is 11.1 Å². The van der Waals surface area contributed by atoms with Gasteiger partial charge < -0.3 is 4.90 Å². The summed E-state index contributed by atoms with van der Waals surface area (Å²) in [5, 5.41) is 3.89. The van der Waals surface area contributed by atoms with Gasteiger partial charge in [-0.05, 0) is 17.2 Å². The minimum Gasteiger partial charge on any atom is -0.314 e. The first-order valence-electron chi connectivity index (χ1n) is 6.21. The minimum atomic E-state index is -1.30. The van der Waals surface area contributed by atoms with Gasteiger partial charge in [-0.1, -0.05) is 53.6 Å². The zero-order chi connectivity index (χ0) is 14.2. The lowest BCUT2D eigenvalue weighted by atomic mass is 9.85. The van der Waals surface area contributed by atoms with E-state index in [1.807, 2.05) is 54.6 Å². The van der Waals surface area contributed by atoms with E-state index in [2.05, 4.69) is 10.0 Å². The van der Waals surface area contributed by atoms with Crippen molar-refractivity contribution in [1.82, 2.24) is 0 Å². The Morgan fingerprint density at radius 2 is 1.75 bits per heavy atom. The third-order valence-electron chi connectivity index (χ3n) is 3.66. The number of para-hydroxylation sites is 1. The second kappa shape index (κ2) is 4.40. The maximum atomic E-state index is 12.7. The van der Waals surface area contributed by atoms with Crippen molar-refractivity contribution in [3.63, 3.8) is 0 Å². The molecule has 98 valence electrons. The number of likely N-dealkylation sites (N-methyl/N-ethyl adjacent to an activating group) is 1. The molecule has 0 spiro atoms. The summed E-state index contributed by atoms with van der Waals surface area (Å²) >= 11 is 0. The van der Waals surface area contributed by atoms with Gasteiger partial charge in [-0.25, -0.2) is 0 Å². The van der Waals surface area contributed by atoms with E-state index in [4.69, 9.17) is 5.53 Å². The molecule has 2 aromatic rings. The molecule has 20 heavy (non-hydrogen) atoms. The molecule has 1 heterocycles. The highest BCUT2D eigenvalue weighted by Gasteiger charge is 2.50. The first-order valence-corrected chi connectivity index (χ1v) is 6.21. The zero-order valence-electron chi connectivity index (χ0n) is 10.9. The van der Waals surface area contributed by atoms with Gasteiger partial charge in [0.15, 0.2) is 5.54 Å². The lowest BCUT2D eigenvalue weighted by Gasteiger charge is -2.23. The number of benzene rings is 2. The van der Waals surface area contributed by atoms with Crippen LogP contribution in [0, 0.1) is 0 Å². The van der Waals surface area contributed by atoms with Crippen LogP contribution in [-0.4, -0.2) is 13.0 Å². The summed E-state index contributed by atoms with van der Waals surface area (Å²) in [6.45, 7) is 0. The Morgan fingerprint density at radius 3 is 2.45 bits per heavy atom. The van der Waals surface area contributed by atoms with Crippen molar-refractivity contribution in [3.05, 3.63) is 76.2 Å². The van der Waals surface area contributed by atoms with E-state index in [0.29, 0.717) is 5.56 Å². The largest absolute Gasteiger partial charge is 0.314 e. The fourth-order valence-corrected chi connectivity index (χ4v) is 2.72. The number of azide groups is 1. The first kappa shape index (κ1) is 12.3. The van der Waals surface area contributed by atoms with Gasteiger partial charge >= 0.3 is 0 Å². The summed E-state index contributed by atoms with van der Waals surface area (Å²) in [5.74, 6) is -0.234. The Morgan fingerprint density at radius 1 is 1.10 bits per heavy atom. The van der Waals surface area contributed by atoms with Gasteiger partial charge in [0, 0.05) is 23.2 Å². The minimum absolute atomic E-state index is 0.234. The van der Waals surface area contributed by atoms with Crippen LogP contribution in [0.3, 0.4) is 0 Å². The molecule has 0 aliphatic carbocycles. The monoisotopic (exact) mass is 264 g/mol. The van der Waals surface area contributed by atoms with E-state index in [9.17, 15) is 4.79 Å². The van der Waals surface area contributed by atoms with Crippen molar-refractivity contribution < 1.29 is 4.79 Å². The van der Waals surface area contributed by atoms with Crippen molar-refractivity contribution in [2.24, 2.45) is 5.11 Å². The molecular formula is C15H12N4O. The molecule has 0 saturated carbocycles. The van der Waals surface area contributed by atoms with Gasteiger partial charge in [0.05, 0.1) is 0 Å². The number of rotatable bonds is 2. The average molecular weight is 264 g/mol. The molecule has 0 bridgehead atoms. The van der Waals surface area contributed by atoms with Crippen molar-refractivity contribution in [3.8, 4) is 0 Å². The number of carbonyl (C=O) groups is 1. The molecule has 1 unspecified atom stereocenters. The van der Waals surface area contributed by atoms with Gasteiger partial charge in [-0.3, -0.25) is 4.79 Å². The molecule has 0 radical (unpaired) electrons. The Hall–Kier alpha value is -2.78. The molecule has 3 rings (SSSR count). The van der Waals surface area contributed by atoms with Crippen molar-refractivity contribution in [2.75, 3.05) is 11.9 Å². The Labute approximate surface area is 116 Å². The number of fused-ring (bicyclic) bond motifs is 1. The molecular weight excluding hydrogens is 252 g/mol. The number of nitrogens with zero attached hydrogens (tertiary/aromatic N) is 4. The molecule has 0 fully saturated rings. The van der Waals surface area contributed by atoms with Crippen LogP contribution < -0.4 is 4.90 Å². The number of carbonyl (C=O) groups excluding carboxylic acids is 1. The third kappa shape index (κ3) is 1.44. The SMILES string of the molecule is CN1C(=O)C(N=[N+]=[N-])(c2ccccc2)c2ccccc21. The Kier molecular flexibility index (Phi) is 2.70. The van der Waals surface area contributed by atoms with Crippen LogP contribution in [0.15, 0.2) is 59.7 Å². The van der Waals surface area contributed by atoms with Crippen LogP contribution in [-0.2, 0) is 10.3 Å². The maximum absolute atomic E-state index is 12.7. The summed E-state index contributed by atoms with van der Waals surface area (Å²) in [4.78, 5) is 17.2.